The van der Waals surface area contributed by atoms with E-state index in [0.717, 1.165) is 0 Å². The van der Waals surface area contributed by atoms with Gasteiger partial charge in [-0.1, -0.05) is 13.0 Å². The molecule has 0 bridgehead atoms. The quantitative estimate of drug-likeness (QED) is 0.664. The number of nitro benzene ring substituents is 1. The molecule has 0 aromatic heterocycles. The van der Waals surface area contributed by atoms with Crippen LogP contribution in [-0.2, 0) is 4.79 Å². The van der Waals surface area contributed by atoms with Crippen molar-refractivity contribution in [2.24, 2.45) is 5.73 Å². The second-order valence-corrected chi connectivity index (χ2v) is 4.06. The van der Waals surface area contributed by atoms with Crippen LogP contribution in [0.3, 0.4) is 0 Å². The zero-order valence-electron chi connectivity index (χ0n) is 9.05. The predicted octanol–water partition coefficient (Wildman–Crippen LogP) is 2.00. The van der Waals surface area contributed by atoms with E-state index in [-0.39, 0.29) is 15.9 Å². The molecule has 1 aromatic carbocycles. The summed E-state index contributed by atoms with van der Waals surface area (Å²) in [7, 11) is 0. The number of nitrogens with zero attached hydrogens (tertiary/aromatic N) is 1. The van der Waals surface area contributed by atoms with Crippen molar-refractivity contribution in [2.45, 2.75) is 19.4 Å². The molecule has 1 atom stereocenters. The van der Waals surface area contributed by atoms with Gasteiger partial charge in [-0.05, 0) is 28.4 Å². The van der Waals surface area contributed by atoms with Crippen LogP contribution in [-0.4, -0.2) is 16.9 Å². The molecule has 1 aromatic rings. The minimum atomic E-state index is -0.798. The van der Waals surface area contributed by atoms with Gasteiger partial charge in [0.25, 0.3) is 11.6 Å². The average molecular weight is 303 g/mol. The number of halogens is 1. The highest BCUT2D eigenvalue weighted by Gasteiger charge is 2.20. The molecule has 17 heavy (non-hydrogen) atoms. The molecule has 7 heteroatoms. The van der Waals surface area contributed by atoms with E-state index in [2.05, 4.69) is 15.9 Å². The van der Waals surface area contributed by atoms with Gasteiger partial charge in [0.2, 0.25) is 0 Å². The molecule has 0 saturated carbocycles. The lowest BCUT2D eigenvalue weighted by molar-refractivity contribution is -0.385. The number of nitro groups is 1. The summed E-state index contributed by atoms with van der Waals surface area (Å²) < 4.78 is 5.52. The van der Waals surface area contributed by atoms with Crippen molar-refractivity contribution >= 4 is 27.5 Å². The molecule has 1 unspecified atom stereocenters. The second kappa shape index (κ2) is 5.62. The number of nitrogens with two attached hydrogens (primary N) is 1. The molecule has 0 aliphatic carbocycles. The van der Waals surface area contributed by atoms with Gasteiger partial charge in [-0.2, -0.15) is 0 Å². The van der Waals surface area contributed by atoms with Crippen molar-refractivity contribution in [3.8, 4) is 5.75 Å². The Balaban J connectivity index is 3.03. The van der Waals surface area contributed by atoms with Crippen molar-refractivity contribution in [1.82, 2.24) is 0 Å². The Kier molecular flexibility index (Phi) is 4.45. The number of hydrogen-bond donors (Lipinski definition) is 1. The summed E-state index contributed by atoms with van der Waals surface area (Å²) in [6, 6.07) is 4.34. The van der Waals surface area contributed by atoms with Crippen LogP contribution in [0.2, 0.25) is 0 Å². The van der Waals surface area contributed by atoms with Crippen molar-refractivity contribution < 1.29 is 14.5 Å². The Morgan fingerprint density at radius 3 is 2.76 bits per heavy atom. The predicted molar refractivity (Wildman–Crippen MR) is 64.7 cm³/mol. The maximum atomic E-state index is 11.0. The smallest absolute Gasteiger partial charge is 0.287 e. The number of carbonyl (C=O) groups is 1. The molecule has 0 radical (unpaired) electrons. The van der Waals surface area contributed by atoms with Crippen LogP contribution >= 0.6 is 15.9 Å². The zero-order chi connectivity index (χ0) is 13.0. The SMILES string of the molecule is CCC(Oc1cccc([N+](=O)[O-])c1Br)C(N)=O. The fraction of sp³-hybridized carbons (Fsp3) is 0.300. The second-order valence-electron chi connectivity index (χ2n) is 3.26. The standard InChI is InChI=1S/C10H11BrN2O4/c1-2-7(10(12)14)17-8-5-3-4-6(9(8)11)13(15)16/h3-5,7H,2H2,1H3,(H2,12,14). The molecular formula is C10H11BrN2O4. The fourth-order valence-electron chi connectivity index (χ4n) is 1.23. The van der Waals surface area contributed by atoms with Crippen LogP contribution < -0.4 is 10.5 Å². The molecule has 1 rings (SSSR count). The molecule has 0 spiro atoms. The van der Waals surface area contributed by atoms with Crippen LogP contribution in [0.5, 0.6) is 5.75 Å². The van der Waals surface area contributed by atoms with E-state index in [9.17, 15) is 14.9 Å². The first kappa shape index (κ1) is 13.4. The van der Waals surface area contributed by atoms with Crippen LogP contribution in [0.15, 0.2) is 22.7 Å². The van der Waals surface area contributed by atoms with Crippen LogP contribution in [0, 0.1) is 10.1 Å². The van der Waals surface area contributed by atoms with E-state index in [0.29, 0.717) is 6.42 Å². The molecule has 2 N–H and O–H groups in total. The lowest BCUT2D eigenvalue weighted by Gasteiger charge is -2.14. The first-order valence-corrected chi connectivity index (χ1v) is 5.65. The molecule has 0 fully saturated rings. The highest BCUT2D eigenvalue weighted by Crippen LogP contribution is 2.34. The third-order valence-corrected chi connectivity index (χ3v) is 2.89. The molecule has 1 amide bonds. The van der Waals surface area contributed by atoms with Crippen molar-refractivity contribution in [2.75, 3.05) is 0 Å². The van der Waals surface area contributed by atoms with Crippen molar-refractivity contribution in [3.05, 3.63) is 32.8 Å². The van der Waals surface area contributed by atoms with Gasteiger partial charge < -0.3 is 10.5 Å². The van der Waals surface area contributed by atoms with Crippen LogP contribution in [0.4, 0.5) is 5.69 Å². The molecule has 0 aliphatic heterocycles. The highest BCUT2D eigenvalue weighted by atomic mass is 79.9. The number of hydrogen-bond acceptors (Lipinski definition) is 4. The number of carbonyl (C=O) groups excluding carboxylic acids is 1. The Hall–Kier alpha value is -1.63. The van der Waals surface area contributed by atoms with Gasteiger partial charge in [0, 0.05) is 6.07 Å². The maximum absolute atomic E-state index is 11.0. The van der Waals surface area contributed by atoms with Crippen molar-refractivity contribution in [1.29, 1.82) is 0 Å². The summed E-state index contributed by atoms with van der Waals surface area (Å²) in [6.45, 7) is 1.74. The van der Waals surface area contributed by atoms with E-state index in [4.69, 9.17) is 10.5 Å². The van der Waals surface area contributed by atoms with Gasteiger partial charge in [0.05, 0.1) is 4.92 Å². The third kappa shape index (κ3) is 3.16. The maximum Gasteiger partial charge on any atom is 0.287 e. The molecule has 92 valence electrons. The minimum Gasteiger partial charge on any atom is -0.479 e. The van der Waals surface area contributed by atoms with Gasteiger partial charge >= 0.3 is 0 Å². The molecule has 0 saturated heterocycles. The van der Waals surface area contributed by atoms with Gasteiger partial charge in [0.15, 0.2) is 6.10 Å². The summed E-state index contributed by atoms with van der Waals surface area (Å²) in [5, 5.41) is 10.7. The van der Waals surface area contributed by atoms with E-state index >= 15 is 0 Å². The summed E-state index contributed by atoms with van der Waals surface area (Å²) in [4.78, 5) is 21.2. The lowest BCUT2D eigenvalue weighted by atomic mass is 10.2. The monoisotopic (exact) mass is 302 g/mol. The highest BCUT2D eigenvalue weighted by molar-refractivity contribution is 9.10. The number of ether oxygens (including phenoxy) is 1. The Labute approximate surface area is 106 Å². The Bertz CT molecular complexity index is 450. The summed E-state index contributed by atoms with van der Waals surface area (Å²) in [5.41, 5.74) is 5.01. The number of rotatable bonds is 5. The summed E-state index contributed by atoms with van der Waals surface area (Å²) in [5.74, 6) is -0.379. The Morgan fingerprint density at radius 1 is 1.65 bits per heavy atom. The van der Waals surface area contributed by atoms with E-state index in [1.54, 1.807) is 6.92 Å². The van der Waals surface area contributed by atoms with Crippen LogP contribution in [0.1, 0.15) is 13.3 Å². The molecule has 6 nitrogen and oxygen atoms in total. The van der Waals surface area contributed by atoms with Gasteiger partial charge in [-0.25, -0.2) is 0 Å². The topological polar surface area (TPSA) is 95.5 Å². The number of benzene rings is 1. The van der Waals surface area contributed by atoms with Gasteiger partial charge in [-0.15, -0.1) is 0 Å². The summed E-state index contributed by atoms with van der Waals surface area (Å²) >= 11 is 3.07. The van der Waals surface area contributed by atoms with Crippen molar-refractivity contribution in [3.63, 3.8) is 0 Å². The number of primary amides is 1. The zero-order valence-corrected chi connectivity index (χ0v) is 10.6. The molecule has 0 heterocycles. The normalized spacial score (nSPS) is 11.9. The Morgan fingerprint density at radius 2 is 2.29 bits per heavy atom. The van der Waals surface area contributed by atoms with E-state index < -0.39 is 16.9 Å². The minimum absolute atomic E-state index is 0.123. The van der Waals surface area contributed by atoms with Gasteiger partial charge in [-0.3, -0.25) is 14.9 Å². The van der Waals surface area contributed by atoms with Crippen LogP contribution in [0.25, 0.3) is 0 Å². The molecular weight excluding hydrogens is 292 g/mol. The van der Waals surface area contributed by atoms with E-state index in [1.807, 2.05) is 0 Å². The fourth-order valence-corrected chi connectivity index (χ4v) is 1.73. The van der Waals surface area contributed by atoms with Gasteiger partial charge in [0.1, 0.15) is 10.2 Å². The average Bonchev–Trinajstić information content (AvgIpc) is 2.26. The largest absolute Gasteiger partial charge is 0.479 e. The summed E-state index contributed by atoms with van der Waals surface area (Å²) in [6.07, 6.45) is -0.405. The first-order valence-electron chi connectivity index (χ1n) is 4.86. The molecule has 0 aliphatic rings. The number of amides is 1. The first-order chi connectivity index (χ1) is 7.97. The third-order valence-electron chi connectivity index (χ3n) is 2.10. The van der Waals surface area contributed by atoms with E-state index in [1.165, 1.54) is 18.2 Å². The lowest BCUT2D eigenvalue weighted by Crippen LogP contribution is -2.33.